The van der Waals surface area contributed by atoms with Crippen LogP contribution in [0.1, 0.15) is 53.7 Å². The largest absolute Gasteiger partial charge is 0.493 e. The lowest BCUT2D eigenvalue weighted by Crippen LogP contribution is -2.10. The zero-order chi connectivity index (χ0) is 17.5. The van der Waals surface area contributed by atoms with Gasteiger partial charge in [-0.25, -0.2) is 0 Å². The molecule has 0 heterocycles. The van der Waals surface area contributed by atoms with Gasteiger partial charge in [-0.05, 0) is 49.9 Å². The standard InChI is InChI=1S/C21H26O3/c1-5-12-23-17-10-11-18(19(14-17)24-13-6-2)21(22)20-15(3)8-7-9-16(20)4/h7-11,14H,5-6,12-13H2,1-4H3. The maximum atomic E-state index is 13.1. The molecule has 0 radical (unpaired) electrons. The molecule has 0 N–H and O–H groups in total. The number of carbonyl (C=O) groups is 1. The third-order valence-electron chi connectivity index (χ3n) is 3.84. The van der Waals surface area contributed by atoms with Gasteiger partial charge in [-0.2, -0.15) is 0 Å². The van der Waals surface area contributed by atoms with Gasteiger partial charge in [-0.1, -0.05) is 32.0 Å². The molecule has 2 aromatic rings. The number of carbonyl (C=O) groups excluding carboxylic acids is 1. The van der Waals surface area contributed by atoms with Gasteiger partial charge in [0, 0.05) is 11.6 Å². The van der Waals surface area contributed by atoms with E-state index in [0.717, 1.165) is 35.3 Å². The smallest absolute Gasteiger partial charge is 0.197 e. The van der Waals surface area contributed by atoms with E-state index < -0.39 is 0 Å². The summed E-state index contributed by atoms with van der Waals surface area (Å²) in [6, 6.07) is 11.4. The summed E-state index contributed by atoms with van der Waals surface area (Å²) in [5.41, 5.74) is 3.30. The molecule has 3 heteroatoms. The molecular formula is C21H26O3. The number of ketones is 1. The van der Waals surface area contributed by atoms with E-state index in [0.29, 0.717) is 24.5 Å². The molecule has 2 rings (SSSR count). The van der Waals surface area contributed by atoms with Gasteiger partial charge < -0.3 is 9.47 Å². The van der Waals surface area contributed by atoms with Crippen molar-refractivity contribution in [3.05, 3.63) is 58.7 Å². The fourth-order valence-corrected chi connectivity index (χ4v) is 2.64. The Kier molecular flexibility index (Phi) is 6.42. The predicted molar refractivity (Wildman–Crippen MR) is 97.4 cm³/mol. The van der Waals surface area contributed by atoms with Crippen LogP contribution in [-0.2, 0) is 0 Å². The van der Waals surface area contributed by atoms with Crippen molar-refractivity contribution in [1.29, 1.82) is 0 Å². The van der Waals surface area contributed by atoms with E-state index in [9.17, 15) is 4.79 Å². The van der Waals surface area contributed by atoms with Gasteiger partial charge in [0.1, 0.15) is 11.5 Å². The minimum Gasteiger partial charge on any atom is -0.493 e. The van der Waals surface area contributed by atoms with Crippen molar-refractivity contribution >= 4 is 5.78 Å². The quantitative estimate of drug-likeness (QED) is 0.632. The number of aryl methyl sites for hydroxylation is 2. The predicted octanol–water partition coefficient (Wildman–Crippen LogP) is 5.11. The van der Waals surface area contributed by atoms with E-state index in [1.54, 1.807) is 0 Å². The van der Waals surface area contributed by atoms with Crippen molar-refractivity contribution in [2.24, 2.45) is 0 Å². The summed E-state index contributed by atoms with van der Waals surface area (Å²) in [6.07, 6.45) is 1.82. The van der Waals surface area contributed by atoms with Crippen LogP contribution in [0.4, 0.5) is 0 Å². The van der Waals surface area contributed by atoms with E-state index in [1.807, 2.05) is 57.2 Å². The highest BCUT2D eigenvalue weighted by Gasteiger charge is 2.19. The number of benzene rings is 2. The lowest BCUT2D eigenvalue weighted by atomic mass is 9.94. The Hall–Kier alpha value is -2.29. The fourth-order valence-electron chi connectivity index (χ4n) is 2.64. The first-order chi connectivity index (χ1) is 11.6. The molecule has 3 nitrogen and oxygen atoms in total. The van der Waals surface area contributed by atoms with Crippen molar-refractivity contribution in [2.45, 2.75) is 40.5 Å². The molecule has 0 saturated carbocycles. The van der Waals surface area contributed by atoms with Gasteiger partial charge in [0.15, 0.2) is 5.78 Å². The van der Waals surface area contributed by atoms with Crippen molar-refractivity contribution in [2.75, 3.05) is 13.2 Å². The van der Waals surface area contributed by atoms with Crippen LogP contribution in [0.25, 0.3) is 0 Å². The van der Waals surface area contributed by atoms with Crippen LogP contribution in [0.2, 0.25) is 0 Å². The Balaban J connectivity index is 2.41. The maximum absolute atomic E-state index is 13.1. The summed E-state index contributed by atoms with van der Waals surface area (Å²) in [6.45, 7) is 9.26. The van der Waals surface area contributed by atoms with E-state index in [4.69, 9.17) is 9.47 Å². The molecule has 0 unspecified atom stereocenters. The summed E-state index contributed by atoms with van der Waals surface area (Å²) >= 11 is 0. The lowest BCUT2D eigenvalue weighted by molar-refractivity contribution is 0.103. The molecule has 0 aliphatic heterocycles. The molecule has 0 saturated heterocycles. The molecule has 0 bridgehead atoms. The van der Waals surface area contributed by atoms with Gasteiger partial charge >= 0.3 is 0 Å². The van der Waals surface area contributed by atoms with Crippen LogP contribution < -0.4 is 9.47 Å². The molecule has 0 aliphatic carbocycles. The zero-order valence-electron chi connectivity index (χ0n) is 15.0. The van der Waals surface area contributed by atoms with Gasteiger partial charge in [-0.15, -0.1) is 0 Å². The molecule has 0 amide bonds. The third kappa shape index (κ3) is 4.16. The molecule has 0 aromatic heterocycles. The third-order valence-corrected chi connectivity index (χ3v) is 3.84. The summed E-state index contributed by atoms with van der Waals surface area (Å²) in [4.78, 5) is 13.1. The highest BCUT2D eigenvalue weighted by molar-refractivity contribution is 6.12. The zero-order valence-corrected chi connectivity index (χ0v) is 15.0. The molecule has 2 aromatic carbocycles. The van der Waals surface area contributed by atoms with Crippen LogP contribution in [0.5, 0.6) is 11.5 Å². The average molecular weight is 326 g/mol. The molecule has 24 heavy (non-hydrogen) atoms. The second kappa shape index (κ2) is 8.53. The van der Waals surface area contributed by atoms with Gasteiger partial charge in [0.05, 0.1) is 18.8 Å². The Bertz CT molecular complexity index is 684. The van der Waals surface area contributed by atoms with Crippen molar-refractivity contribution < 1.29 is 14.3 Å². The van der Waals surface area contributed by atoms with Crippen molar-refractivity contribution in [3.63, 3.8) is 0 Å². The van der Waals surface area contributed by atoms with Crippen LogP contribution in [-0.4, -0.2) is 19.0 Å². The topological polar surface area (TPSA) is 35.5 Å². The van der Waals surface area contributed by atoms with Gasteiger partial charge in [-0.3, -0.25) is 4.79 Å². The molecule has 0 atom stereocenters. The van der Waals surface area contributed by atoms with Gasteiger partial charge in [0.25, 0.3) is 0 Å². The number of hydrogen-bond donors (Lipinski definition) is 0. The summed E-state index contributed by atoms with van der Waals surface area (Å²) in [5, 5.41) is 0. The van der Waals surface area contributed by atoms with Crippen molar-refractivity contribution in [1.82, 2.24) is 0 Å². The van der Waals surface area contributed by atoms with E-state index in [2.05, 4.69) is 6.92 Å². The first kappa shape index (κ1) is 18.1. The highest BCUT2D eigenvalue weighted by atomic mass is 16.5. The Morgan fingerprint density at radius 2 is 1.54 bits per heavy atom. The van der Waals surface area contributed by atoms with Crippen LogP contribution >= 0.6 is 0 Å². The lowest BCUT2D eigenvalue weighted by Gasteiger charge is -2.15. The average Bonchev–Trinajstić information content (AvgIpc) is 2.57. The van der Waals surface area contributed by atoms with Crippen LogP contribution in [0.15, 0.2) is 36.4 Å². The SMILES string of the molecule is CCCOc1ccc(C(=O)c2c(C)cccc2C)c(OCCC)c1. The Labute approximate surface area is 144 Å². The van der Waals surface area contributed by atoms with E-state index >= 15 is 0 Å². The molecule has 128 valence electrons. The summed E-state index contributed by atoms with van der Waals surface area (Å²) < 4.78 is 11.5. The van der Waals surface area contributed by atoms with Gasteiger partial charge in [0.2, 0.25) is 0 Å². The molecule has 0 aliphatic rings. The minimum atomic E-state index is -0.00116. The van der Waals surface area contributed by atoms with Crippen LogP contribution in [0, 0.1) is 13.8 Å². The molecule has 0 spiro atoms. The van der Waals surface area contributed by atoms with E-state index in [-0.39, 0.29) is 5.78 Å². The first-order valence-corrected chi connectivity index (χ1v) is 8.59. The highest BCUT2D eigenvalue weighted by Crippen LogP contribution is 2.29. The minimum absolute atomic E-state index is 0.00116. The Morgan fingerprint density at radius 1 is 0.917 bits per heavy atom. The molecular weight excluding hydrogens is 300 g/mol. The maximum Gasteiger partial charge on any atom is 0.197 e. The van der Waals surface area contributed by atoms with Crippen LogP contribution in [0.3, 0.4) is 0 Å². The summed E-state index contributed by atoms with van der Waals surface area (Å²) in [5.74, 6) is 1.33. The number of hydrogen-bond acceptors (Lipinski definition) is 3. The monoisotopic (exact) mass is 326 g/mol. The molecule has 0 fully saturated rings. The fraction of sp³-hybridized carbons (Fsp3) is 0.381. The normalized spacial score (nSPS) is 10.5. The summed E-state index contributed by atoms with van der Waals surface area (Å²) in [7, 11) is 0. The number of ether oxygens (including phenoxy) is 2. The van der Waals surface area contributed by atoms with E-state index in [1.165, 1.54) is 0 Å². The number of rotatable bonds is 8. The first-order valence-electron chi connectivity index (χ1n) is 8.59. The Morgan fingerprint density at radius 3 is 2.17 bits per heavy atom. The second-order valence-electron chi connectivity index (χ2n) is 5.95. The van der Waals surface area contributed by atoms with Crippen molar-refractivity contribution in [3.8, 4) is 11.5 Å². The second-order valence-corrected chi connectivity index (χ2v) is 5.95.